The van der Waals surface area contributed by atoms with Gasteiger partial charge in [0, 0.05) is 17.3 Å². The maximum atomic E-state index is 13.5. The molecule has 1 amide bonds. The molecule has 1 saturated heterocycles. The van der Waals surface area contributed by atoms with E-state index in [1.807, 2.05) is 36.5 Å². The van der Waals surface area contributed by atoms with Crippen LogP contribution in [0.3, 0.4) is 0 Å². The molecule has 0 saturated carbocycles. The minimum atomic E-state index is -0.338. The number of benzene rings is 3. The Morgan fingerprint density at radius 2 is 1.56 bits per heavy atom. The largest absolute Gasteiger partial charge is 0.288 e. The van der Waals surface area contributed by atoms with E-state index < -0.39 is 0 Å². The summed E-state index contributed by atoms with van der Waals surface area (Å²) in [6.07, 6.45) is 3.59. The molecule has 1 fully saturated rings. The number of hydrogen-bond donors (Lipinski definition) is 0. The average molecular weight is 490 g/mol. The first kappa shape index (κ1) is 22.2. The van der Waals surface area contributed by atoms with Gasteiger partial charge in [-0.25, -0.2) is 13.5 Å². The number of carbonyl (C=O) groups excluding carboxylic acids is 1. The van der Waals surface area contributed by atoms with Crippen LogP contribution in [0, 0.1) is 11.6 Å². The molecule has 0 spiro atoms. The van der Waals surface area contributed by atoms with E-state index >= 15 is 0 Å². The fraction of sp³-hybridized carbons (Fsp3) is 0.0385. The van der Waals surface area contributed by atoms with Crippen LogP contribution >= 0.6 is 24.0 Å². The number of nitrogens with zero attached hydrogens (tertiary/aromatic N) is 3. The quantitative estimate of drug-likeness (QED) is 0.246. The number of para-hydroxylation sites is 1. The van der Waals surface area contributed by atoms with E-state index in [9.17, 15) is 13.6 Å². The van der Waals surface area contributed by atoms with Crippen molar-refractivity contribution in [2.75, 3.05) is 0 Å². The first-order valence-electron chi connectivity index (χ1n) is 10.4. The molecular weight excluding hydrogens is 472 g/mol. The Morgan fingerprint density at radius 3 is 2.24 bits per heavy atom. The van der Waals surface area contributed by atoms with Gasteiger partial charge in [-0.2, -0.15) is 5.10 Å². The first-order valence-corrected chi connectivity index (χ1v) is 11.6. The summed E-state index contributed by atoms with van der Waals surface area (Å²) in [6, 6.07) is 21.6. The minimum Gasteiger partial charge on any atom is -0.288 e. The lowest BCUT2D eigenvalue weighted by Gasteiger charge is -2.14. The molecule has 34 heavy (non-hydrogen) atoms. The molecule has 4 nitrogen and oxygen atoms in total. The molecule has 1 aliphatic rings. The van der Waals surface area contributed by atoms with E-state index in [1.54, 1.807) is 35.0 Å². The standard InChI is InChI=1S/C26H17F2N3OS2/c27-20-10-6-17(7-11-20)15-30-25(32)23(34-26(30)33)14-19-16-31(22-4-2-1-3-5-22)29-24(19)18-8-12-21(28)13-9-18/h1-14,16H,15H2/b23-14-. The van der Waals surface area contributed by atoms with E-state index in [-0.39, 0.29) is 24.1 Å². The van der Waals surface area contributed by atoms with Gasteiger partial charge in [0.1, 0.15) is 16.0 Å². The predicted octanol–water partition coefficient (Wildman–Crippen LogP) is 6.22. The summed E-state index contributed by atoms with van der Waals surface area (Å²) in [5.74, 6) is -0.899. The number of halogens is 2. The van der Waals surface area contributed by atoms with E-state index in [0.717, 1.165) is 16.8 Å². The van der Waals surface area contributed by atoms with E-state index in [2.05, 4.69) is 0 Å². The Kier molecular flexibility index (Phi) is 6.08. The van der Waals surface area contributed by atoms with Gasteiger partial charge in [0.05, 0.1) is 22.8 Å². The van der Waals surface area contributed by atoms with Crippen molar-refractivity contribution in [2.45, 2.75) is 6.54 Å². The zero-order valence-corrected chi connectivity index (χ0v) is 19.3. The van der Waals surface area contributed by atoms with E-state index in [0.29, 0.717) is 20.5 Å². The molecule has 3 aromatic carbocycles. The lowest BCUT2D eigenvalue weighted by molar-refractivity contribution is -0.122. The molecule has 0 radical (unpaired) electrons. The van der Waals surface area contributed by atoms with Crippen LogP contribution in [0.4, 0.5) is 8.78 Å². The lowest BCUT2D eigenvalue weighted by Crippen LogP contribution is -2.27. The van der Waals surface area contributed by atoms with Gasteiger partial charge in [-0.3, -0.25) is 9.69 Å². The maximum Gasteiger partial charge on any atom is 0.266 e. The maximum absolute atomic E-state index is 13.5. The molecule has 1 aliphatic heterocycles. The molecule has 0 aliphatic carbocycles. The van der Waals surface area contributed by atoms with Gasteiger partial charge >= 0.3 is 0 Å². The number of amides is 1. The number of rotatable bonds is 5. The van der Waals surface area contributed by atoms with Crippen LogP contribution < -0.4 is 0 Å². The van der Waals surface area contributed by atoms with E-state index in [1.165, 1.54) is 40.9 Å². The molecule has 0 N–H and O–H groups in total. The highest BCUT2D eigenvalue weighted by atomic mass is 32.2. The Balaban J connectivity index is 1.51. The molecule has 0 unspecified atom stereocenters. The van der Waals surface area contributed by atoms with Crippen molar-refractivity contribution in [3.8, 4) is 16.9 Å². The molecule has 4 aromatic rings. The highest BCUT2D eigenvalue weighted by molar-refractivity contribution is 8.26. The van der Waals surface area contributed by atoms with Crippen LogP contribution in [0.5, 0.6) is 0 Å². The molecule has 5 rings (SSSR count). The number of thioether (sulfide) groups is 1. The van der Waals surface area contributed by atoms with Crippen molar-refractivity contribution >= 4 is 40.3 Å². The number of hydrogen-bond acceptors (Lipinski definition) is 4. The Morgan fingerprint density at radius 1 is 0.912 bits per heavy atom. The fourth-order valence-corrected chi connectivity index (χ4v) is 4.83. The Bertz CT molecular complexity index is 1400. The zero-order chi connectivity index (χ0) is 23.7. The van der Waals surface area contributed by atoms with Gasteiger partial charge in [-0.15, -0.1) is 0 Å². The topological polar surface area (TPSA) is 38.1 Å². The van der Waals surface area contributed by atoms with Crippen molar-refractivity contribution in [3.05, 3.63) is 113 Å². The summed E-state index contributed by atoms with van der Waals surface area (Å²) in [5, 5.41) is 4.71. The van der Waals surface area contributed by atoms with Crippen LogP contribution in [0.15, 0.2) is 90.0 Å². The third kappa shape index (κ3) is 4.55. The lowest BCUT2D eigenvalue weighted by atomic mass is 10.1. The summed E-state index contributed by atoms with van der Waals surface area (Å²) in [7, 11) is 0. The van der Waals surface area contributed by atoms with Crippen LogP contribution in [-0.4, -0.2) is 24.9 Å². The number of aromatic nitrogens is 2. The Labute approximate surface area is 204 Å². The number of carbonyl (C=O) groups is 1. The van der Waals surface area contributed by atoms with Gasteiger partial charge in [0.2, 0.25) is 0 Å². The molecule has 168 valence electrons. The molecule has 0 bridgehead atoms. The van der Waals surface area contributed by atoms with E-state index in [4.69, 9.17) is 17.3 Å². The second-order valence-corrected chi connectivity index (χ2v) is 9.29. The fourth-order valence-electron chi connectivity index (χ4n) is 3.59. The third-order valence-corrected chi connectivity index (χ3v) is 6.67. The summed E-state index contributed by atoms with van der Waals surface area (Å²) >= 11 is 6.66. The molecule has 1 aromatic heterocycles. The number of thiocarbonyl (C=S) groups is 1. The van der Waals surface area contributed by atoms with Gasteiger partial charge in [0.25, 0.3) is 5.91 Å². The molecule has 8 heteroatoms. The average Bonchev–Trinajstić information content (AvgIpc) is 3.38. The molecular formula is C26H17F2N3OS2. The van der Waals surface area contributed by atoms with Crippen molar-refractivity contribution in [1.29, 1.82) is 0 Å². The van der Waals surface area contributed by atoms with Crippen LogP contribution in [0.2, 0.25) is 0 Å². The summed E-state index contributed by atoms with van der Waals surface area (Å²) in [5.41, 5.74) is 3.69. The van der Waals surface area contributed by atoms with Gasteiger partial charge in [-0.05, 0) is 60.2 Å². The highest BCUT2D eigenvalue weighted by Gasteiger charge is 2.32. The van der Waals surface area contributed by atoms with Crippen molar-refractivity contribution in [3.63, 3.8) is 0 Å². The second kappa shape index (κ2) is 9.32. The predicted molar refractivity (Wildman–Crippen MR) is 134 cm³/mol. The van der Waals surface area contributed by atoms with Crippen LogP contribution in [0.25, 0.3) is 23.0 Å². The summed E-state index contributed by atoms with van der Waals surface area (Å²) in [6.45, 7) is 0.260. The third-order valence-electron chi connectivity index (χ3n) is 5.30. The SMILES string of the molecule is O=C1/C(=C/c2cn(-c3ccccc3)nc2-c2ccc(F)cc2)SC(=S)N1Cc1ccc(F)cc1. The van der Waals surface area contributed by atoms with Crippen LogP contribution in [-0.2, 0) is 11.3 Å². The monoisotopic (exact) mass is 489 g/mol. The smallest absolute Gasteiger partial charge is 0.266 e. The van der Waals surface area contributed by atoms with Crippen molar-refractivity contribution in [1.82, 2.24) is 14.7 Å². The highest BCUT2D eigenvalue weighted by Crippen LogP contribution is 2.35. The minimum absolute atomic E-state index is 0.225. The Hall–Kier alpha value is -3.62. The normalized spacial score (nSPS) is 14.9. The molecule has 0 atom stereocenters. The van der Waals surface area contributed by atoms with Gasteiger partial charge in [-0.1, -0.05) is 54.3 Å². The van der Waals surface area contributed by atoms with Gasteiger partial charge in [0.15, 0.2) is 0 Å². The summed E-state index contributed by atoms with van der Waals surface area (Å²) in [4.78, 5) is 15.1. The zero-order valence-electron chi connectivity index (χ0n) is 17.7. The van der Waals surface area contributed by atoms with Crippen molar-refractivity contribution < 1.29 is 13.6 Å². The van der Waals surface area contributed by atoms with Crippen LogP contribution in [0.1, 0.15) is 11.1 Å². The first-order chi connectivity index (χ1) is 16.5. The molecule has 2 heterocycles. The van der Waals surface area contributed by atoms with Crippen molar-refractivity contribution in [2.24, 2.45) is 0 Å². The second-order valence-electron chi connectivity index (χ2n) is 7.61. The van der Waals surface area contributed by atoms with Gasteiger partial charge < -0.3 is 0 Å². The summed E-state index contributed by atoms with van der Waals surface area (Å²) < 4.78 is 28.9.